The van der Waals surface area contributed by atoms with Gasteiger partial charge in [0.25, 0.3) is 5.56 Å². The zero-order chi connectivity index (χ0) is 20.0. The summed E-state index contributed by atoms with van der Waals surface area (Å²) in [4.78, 5) is 20.4. The Labute approximate surface area is 171 Å². The van der Waals surface area contributed by atoms with E-state index in [1.807, 2.05) is 28.8 Å². The number of aromatic nitrogens is 2. The van der Waals surface area contributed by atoms with Crippen molar-refractivity contribution in [1.82, 2.24) is 14.5 Å². The molecule has 1 N–H and O–H groups in total. The molecule has 2 fully saturated rings. The zero-order valence-corrected chi connectivity index (χ0v) is 16.8. The number of piperidine rings is 1. The van der Waals surface area contributed by atoms with Crippen molar-refractivity contribution < 1.29 is 5.11 Å². The fraction of sp³-hybridized carbons (Fsp3) is 0.500. The first-order valence-corrected chi connectivity index (χ1v) is 11.0. The fourth-order valence-corrected chi connectivity index (χ4v) is 5.86. The fourth-order valence-electron chi connectivity index (χ4n) is 5.86. The number of allylic oxidation sites excluding steroid dienone is 1. The number of hydrogen-bond acceptors (Lipinski definition) is 4. The maximum absolute atomic E-state index is 13.2. The summed E-state index contributed by atoms with van der Waals surface area (Å²) in [6, 6.07) is 9.46. The van der Waals surface area contributed by atoms with Crippen LogP contribution in [0.5, 0.6) is 0 Å². The highest BCUT2D eigenvalue weighted by Gasteiger charge is 2.44. The topological polar surface area (TPSA) is 58.4 Å². The number of rotatable bonds is 3. The first-order chi connectivity index (χ1) is 14.1. The monoisotopic (exact) mass is 391 g/mol. The van der Waals surface area contributed by atoms with Crippen molar-refractivity contribution in [1.29, 1.82) is 0 Å². The Kier molecular flexibility index (Phi) is 4.78. The van der Waals surface area contributed by atoms with Crippen LogP contribution in [0.15, 0.2) is 47.8 Å². The van der Waals surface area contributed by atoms with Gasteiger partial charge in [0.2, 0.25) is 0 Å². The maximum Gasteiger partial charge on any atom is 0.281 e. The molecule has 0 spiro atoms. The number of benzene rings is 1. The number of aliphatic hydroxyl groups is 1. The van der Waals surface area contributed by atoms with E-state index in [0.29, 0.717) is 18.1 Å². The number of para-hydroxylation sites is 2. The minimum absolute atomic E-state index is 0.0742. The molecule has 0 saturated carbocycles. The third-order valence-corrected chi connectivity index (χ3v) is 7.06. The summed E-state index contributed by atoms with van der Waals surface area (Å²) in [5, 5.41) is 9.96. The van der Waals surface area contributed by atoms with E-state index in [-0.39, 0.29) is 23.1 Å². The largest absolute Gasteiger partial charge is 0.506 e. The summed E-state index contributed by atoms with van der Waals surface area (Å²) in [7, 11) is 0. The van der Waals surface area contributed by atoms with Gasteiger partial charge in [0.1, 0.15) is 5.76 Å². The van der Waals surface area contributed by atoms with Gasteiger partial charge in [0, 0.05) is 24.2 Å². The summed E-state index contributed by atoms with van der Waals surface area (Å²) in [6.07, 6.45) is 14.2. The number of fused-ring (bicyclic) bond motifs is 3. The molecule has 5 rings (SSSR count). The summed E-state index contributed by atoms with van der Waals surface area (Å²) >= 11 is 0. The van der Waals surface area contributed by atoms with E-state index in [0.717, 1.165) is 23.9 Å². The Morgan fingerprint density at radius 1 is 1.07 bits per heavy atom. The highest BCUT2D eigenvalue weighted by atomic mass is 16.3. The summed E-state index contributed by atoms with van der Waals surface area (Å²) in [5.41, 5.74) is 1.45. The molecule has 152 valence electrons. The molecule has 1 aromatic carbocycles. The van der Waals surface area contributed by atoms with E-state index in [9.17, 15) is 9.90 Å². The average Bonchev–Trinajstić information content (AvgIpc) is 2.91. The van der Waals surface area contributed by atoms with Crippen molar-refractivity contribution in [2.24, 2.45) is 0 Å². The molecular formula is C24H29N3O2. The van der Waals surface area contributed by atoms with Crippen molar-refractivity contribution in [2.75, 3.05) is 0 Å². The van der Waals surface area contributed by atoms with Crippen LogP contribution in [0.2, 0.25) is 0 Å². The Hall–Kier alpha value is -2.40. The molecule has 0 radical (unpaired) electrons. The second-order valence-corrected chi connectivity index (χ2v) is 8.81. The lowest BCUT2D eigenvalue weighted by Gasteiger charge is -2.43. The molecule has 4 atom stereocenters. The lowest BCUT2D eigenvalue weighted by atomic mass is 9.93. The smallest absolute Gasteiger partial charge is 0.281 e. The van der Waals surface area contributed by atoms with Crippen LogP contribution in [-0.4, -0.2) is 37.7 Å². The van der Waals surface area contributed by atoms with Gasteiger partial charge in [-0.05, 0) is 57.1 Å². The zero-order valence-electron chi connectivity index (χ0n) is 16.8. The molecule has 0 amide bonds. The Morgan fingerprint density at radius 2 is 1.83 bits per heavy atom. The van der Waals surface area contributed by atoms with Crippen LogP contribution in [-0.2, 0) is 0 Å². The summed E-state index contributed by atoms with van der Waals surface area (Å²) in [6.45, 7) is 3.57. The van der Waals surface area contributed by atoms with E-state index < -0.39 is 0 Å². The van der Waals surface area contributed by atoms with Crippen LogP contribution in [0.4, 0.5) is 0 Å². The standard InChI is InChI=1S/C24H29N3O2/c1-16(28)23-24(29)27(22-11-7-6-10-21(22)25-23)20-14-18-12-13-19(15-20)26(18)17-8-4-2-3-5-9-17/h4,6-8,10-11,17-20,28H,1-3,5,9,12-15H2/t17?,18-,19+,20?. The highest BCUT2D eigenvalue weighted by molar-refractivity contribution is 5.76. The first-order valence-electron chi connectivity index (χ1n) is 11.0. The second kappa shape index (κ2) is 7.45. The minimum Gasteiger partial charge on any atom is -0.506 e. The predicted octanol–water partition coefficient (Wildman–Crippen LogP) is 4.59. The number of aliphatic hydroxyl groups excluding tert-OH is 1. The van der Waals surface area contributed by atoms with Crippen LogP contribution in [0.25, 0.3) is 16.8 Å². The van der Waals surface area contributed by atoms with E-state index >= 15 is 0 Å². The Balaban J connectivity index is 1.52. The van der Waals surface area contributed by atoms with Crippen molar-refractivity contribution in [3.05, 3.63) is 59.0 Å². The van der Waals surface area contributed by atoms with Crippen molar-refractivity contribution in [2.45, 2.75) is 75.5 Å². The molecule has 1 aromatic heterocycles. The van der Waals surface area contributed by atoms with Crippen LogP contribution in [0.1, 0.15) is 63.1 Å². The lowest BCUT2D eigenvalue weighted by molar-refractivity contribution is 0.0768. The molecule has 3 aliphatic rings. The van der Waals surface area contributed by atoms with Crippen LogP contribution in [0, 0.1) is 0 Å². The van der Waals surface area contributed by atoms with Crippen LogP contribution < -0.4 is 5.56 Å². The van der Waals surface area contributed by atoms with Gasteiger partial charge >= 0.3 is 0 Å². The van der Waals surface area contributed by atoms with Gasteiger partial charge in [-0.2, -0.15) is 0 Å². The first kappa shape index (κ1) is 18.6. The molecule has 2 unspecified atom stereocenters. The van der Waals surface area contributed by atoms with Gasteiger partial charge in [-0.15, -0.1) is 0 Å². The van der Waals surface area contributed by atoms with Gasteiger partial charge in [0.15, 0.2) is 5.69 Å². The molecule has 5 nitrogen and oxygen atoms in total. The van der Waals surface area contributed by atoms with E-state index in [4.69, 9.17) is 0 Å². The third kappa shape index (κ3) is 3.21. The third-order valence-electron chi connectivity index (χ3n) is 7.06. The number of hydrogen-bond donors (Lipinski definition) is 1. The molecule has 2 aromatic rings. The molecule has 2 saturated heterocycles. The van der Waals surface area contributed by atoms with Crippen LogP contribution >= 0.6 is 0 Å². The lowest BCUT2D eigenvalue weighted by Crippen LogP contribution is -2.49. The van der Waals surface area contributed by atoms with Gasteiger partial charge in [0.05, 0.1) is 11.0 Å². The SMILES string of the molecule is C=C(O)c1nc2ccccc2n(C2C[C@H]3CC[C@@H](C2)N3C2C=CCCCC2)c1=O. The van der Waals surface area contributed by atoms with Crippen molar-refractivity contribution >= 4 is 16.8 Å². The predicted molar refractivity (Wildman–Crippen MR) is 116 cm³/mol. The van der Waals surface area contributed by atoms with E-state index in [2.05, 4.69) is 28.6 Å². The quantitative estimate of drug-likeness (QED) is 0.614. The van der Waals surface area contributed by atoms with Gasteiger partial charge in [-0.25, -0.2) is 4.98 Å². The van der Waals surface area contributed by atoms with E-state index in [1.54, 1.807) is 0 Å². The second-order valence-electron chi connectivity index (χ2n) is 8.81. The van der Waals surface area contributed by atoms with Gasteiger partial charge in [-0.3, -0.25) is 9.69 Å². The molecule has 1 aliphatic carbocycles. The maximum atomic E-state index is 13.2. The Bertz CT molecular complexity index is 1010. The van der Waals surface area contributed by atoms with Crippen molar-refractivity contribution in [3.8, 4) is 0 Å². The van der Waals surface area contributed by atoms with E-state index in [1.165, 1.54) is 38.5 Å². The molecular weight excluding hydrogens is 362 g/mol. The van der Waals surface area contributed by atoms with Crippen LogP contribution in [0.3, 0.4) is 0 Å². The minimum atomic E-state index is -0.251. The molecule has 29 heavy (non-hydrogen) atoms. The average molecular weight is 392 g/mol. The van der Waals surface area contributed by atoms with Crippen molar-refractivity contribution in [3.63, 3.8) is 0 Å². The summed E-state index contributed by atoms with van der Waals surface area (Å²) < 4.78 is 1.89. The van der Waals surface area contributed by atoms with Gasteiger partial charge < -0.3 is 9.67 Å². The Morgan fingerprint density at radius 3 is 2.59 bits per heavy atom. The highest BCUT2D eigenvalue weighted by Crippen LogP contribution is 2.43. The molecule has 3 heterocycles. The summed E-state index contributed by atoms with van der Waals surface area (Å²) in [5.74, 6) is -0.251. The number of nitrogens with zero attached hydrogens (tertiary/aromatic N) is 3. The molecule has 2 bridgehead atoms. The normalized spacial score (nSPS) is 29.8. The van der Waals surface area contributed by atoms with Gasteiger partial charge in [-0.1, -0.05) is 37.3 Å². The molecule has 2 aliphatic heterocycles. The molecule has 5 heteroatoms.